The SMILES string of the molecule is C=C(OC)[C@@H]1[C@@H](CCCCCC)N(C(C)(C)C)C(=O)N1C(C)(C)C. The van der Waals surface area contributed by atoms with Crippen LogP contribution in [0.25, 0.3) is 0 Å². The van der Waals surface area contributed by atoms with Gasteiger partial charge >= 0.3 is 6.03 Å². The predicted molar refractivity (Wildman–Crippen MR) is 101 cm³/mol. The molecule has 0 saturated carbocycles. The highest BCUT2D eigenvalue weighted by Gasteiger charge is 2.53. The van der Waals surface area contributed by atoms with Gasteiger partial charge in [-0.1, -0.05) is 39.2 Å². The summed E-state index contributed by atoms with van der Waals surface area (Å²) in [7, 11) is 1.65. The highest BCUT2D eigenvalue weighted by atomic mass is 16.5. The van der Waals surface area contributed by atoms with Crippen LogP contribution in [-0.4, -0.2) is 46.1 Å². The quantitative estimate of drug-likeness (QED) is 0.473. The third-order valence-electron chi connectivity index (χ3n) is 4.78. The molecule has 0 aromatic heterocycles. The van der Waals surface area contributed by atoms with Crippen molar-refractivity contribution in [3.8, 4) is 0 Å². The van der Waals surface area contributed by atoms with Crippen LogP contribution in [0.2, 0.25) is 0 Å². The maximum absolute atomic E-state index is 13.3. The molecule has 0 radical (unpaired) electrons. The Morgan fingerprint density at radius 1 is 1.04 bits per heavy atom. The fourth-order valence-corrected chi connectivity index (χ4v) is 3.73. The van der Waals surface area contributed by atoms with E-state index < -0.39 is 0 Å². The van der Waals surface area contributed by atoms with E-state index in [1.165, 1.54) is 19.3 Å². The van der Waals surface area contributed by atoms with Gasteiger partial charge in [-0.2, -0.15) is 0 Å². The molecule has 1 rings (SSSR count). The summed E-state index contributed by atoms with van der Waals surface area (Å²) in [5, 5.41) is 0. The van der Waals surface area contributed by atoms with Gasteiger partial charge < -0.3 is 14.5 Å². The van der Waals surface area contributed by atoms with Gasteiger partial charge in [-0.05, 0) is 48.0 Å². The molecule has 1 aliphatic heterocycles. The van der Waals surface area contributed by atoms with E-state index in [-0.39, 0.29) is 29.2 Å². The van der Waals surface area contributed by atoms with Gasteiger partial charge in [0.15, 0.2) is 0 Å². The predicted octanol–water partition coefficient (Wildman–Crippen LogP) is 5.19. The first-order valence-corrected chi connectivity index (χ1v) is 9.32. The topological polar surface area (TPSA) is 32.8 Å². The number of carbonyl (C=O) groups is 1. The number of hydrogen-bond donors (Lipinski definition) is 0. The fraction of sp³-hybridized carbons (Fsp3) is 0.850. The molecule has 0 unspecified atom stereocenters. The van der Waals surface area contributed by atoms with E-state index in [9.17, 15) is 4.79 Å². The van der Waals surface area contributed by atoms with E-state index in [4.69, 9.17) is 4.74 Å². The molecule has 2 atom stereocenters. The van der Waals surface area contributed by atoms with Crippen LogP contribution >= 0.6 is 0 Å². The molecule has 2 amide bonds. The lowest BCUT2D eigenvalue weighted by Crippen LogP contribution is -2.50. The van der Waals surface area contributed by atoms with E-state index in [2.05, 4.69) is 59.9 Å². The zero-order valence-electron chi connectivity index (χ0n) is 17.1. The summed E-state index contributed by atoms with van der Waals surface area (Å²) in [5.74, 6) is 0.686. The van der Waals surface area contributed by atoms with Crippen LogP contribution in [0.3, 0.4) is 0 Å². The average Bonchev–Trinajstić information content (AvgIpc) is 2.75. The number of ether oxygens (including phenoxy) is 1. The molecule has 0 N–H and O–H groups in total. The Bertz CT molecular complexity index is 446. The summed E-state index contributed by atoms with van der Waals surface area (Å²) >= 11 is 0. The second-order valence-electron chi connectivity index (χ2n) is 8.90. The second kappa shape index (κ2) is 7.79. The molecule has 1 heterocycles. The molecule has 1 aliphatic rings. The van der Waals surface area contributed by atoms with Gasteiger partial charge in [-0.15, -0.1) is 0 Å². The number of rotatable bonds is 7. The molecule has 0 bridgehead atoms. The summed E-state index contributed by atoms with van der Waals surface area (Å²) in [6.07, 6.45) is 5.79. The van der Waals surface area contributed by atoms with Crippen LogP contribution in [0.4, 0.5) is 4.79 Å². The molecule has 0 spiro atoms. The van der Waals surface area contributed by atoms with Gasteiger partial charge in [0.2, 0.25) is 0 Å². The van der Waals surface area contributed by atoms with E-state index in [1.54, 1.807) is 7.11 Å². The van der Waals surface area contributed by atoms with Crippen molar-refractivity contribution < 1.29 is 9.53 Å². The lowest BCUT2D eigenvalue weighted by atomic mass is 9.93. The Hall–Kier alpha value is -1.19. The van der Waals surface area contributed by atoms with Crippen molar-refractivity contribution in [2.24, 2.45) is 0 Å². The molecular weight excluding hydrogens is 300 g/mol. The highest BCUT2D eigenvalue weighted by molar-refractivity contribution is 5.80. The van der Waals surface area contributed by atoms with Crippen LogP contribution in [0.15, 0.2) is 12.3 Å². The minimum absolute atomic E-state index is 0.0941. The summed E-state index contributed by atoms with van der Waals surface area (Å²) in [4.78, 5) is 17.3. The van der Waals surface area contributed by atoms with E-state index in [1.807, 2.05) is 4.90 Å². The molecule has 4 heteroatoms. The number of hydrogen-bond acceptors (Lipinski definition) is 2. The number of methoxy groups -OCH3 is 1. The van der Waals surface area contributed by atoms with Gasteiger partial charge in [0.25, 0.3) is 0 Å². The smallest absolute Gasteiger partial charge is 0.321 e. The molecule has 1 saturated heterocycles. The standard InChI is InChI=1S/C20H38N2O2/c1-10-11-12-13-14-16-17(15(2)24-9)22(20(6,7)8)18(23)21(16)19(3,4)5/h16-17H,2,10-14H2,1,3-9H3/t16-,17-/m1/s1. The number of amides is 2. The number of nitrogens with zero attached hydrogens (tertiary/aromatic N) is 2. The number of unbranched alkanes of at least 4 members (excludes halogenated alkanes) is 3. The Kier molecular flexibility index (Phi) is 6.77. The Morgan fingerprint density at radius 3 is 2.00 bits per heavy atom. The van der Waals surface area contributed by atoms with Crippen LogP contribution in [-0.2, 0) is 4.74 Å². The van der Waals surface area contributed by atoms with Gasteiger partial charge in [0, 0.05) is 11.1 Å². The van der Waals surface area contributed by atoms with Gasteiger partial charge in [0.05, 0.1) is 13.2 Å². The molecule has 140 valence electrons. The van der Waals surface area contributed by atoms with Crippen molar-refractivity contribution in [1.29, 1.82) is 0 Å². The normalized spacial score (nSPS) is 22.2. The third-order valence-corrected chi connectivity index (χ3v) is 4.78. The maximum Gasteiger partial charge on any atom is 0.321 e. The fourth-order valence-electron chi connectivity index (χ4n) is 3.73. The first-order valence-electron chi connectivity index (χ1n) is 9.32. The highest BCUT2D eigenvalue weighted by Crippen LogP contribution is 2.39. The largest absolute Gasteiger partial charge is 0.499 e. The van der Waals surface area contributed by atoms with Crippen molar-refractivity contribution in [3.63, 3.8) is 0 Å². The van der Waals surface area contributed by atoms with E-state index >= 15 is 0 Å². The van der Waals surface area contributed by atoms with Crippen molar-refractivity contribution >= 4 is 6.03 Å². The van der Waals surface area contributed by atoms with Crippen molar-refractivity contribution in [3.05, 3.63) is 12.3 Å². The maximum atomic E-state index is 13.3. The van der Waals surface area contributed by atoms with Gasteiger partial charge in [-0.3, -0.25) is 0 Å². The van der Waals surface area contributed by atoms with Crippen LogP contribution in [0.5, 0.6) is 0 Å². The lowest BCUT2D eigenvalue weighted by molar-refractivity contribution is 0.114. The number of carbonyl (C=O) groups excluding carboxylic acids is 1. The zero-order chi connectivity index (χ0) is 18.7. The Balaban J connectivity index is 3.22. The summed E-state index contributed by atoms with van der Waals surface area (Å²) in [6.45, 7) is 18.9. The Labute approximate surface area is 149 Å². The van der Waals surface area contributed by atoms with Crippen molar-refractivity contribution in [2.45, 2.75) is 104 Å². The van der Waals surface area contributed by atoms with Crippen molar-refractivity contribution in [2.75, 3.05) is 7.11 Å². The summed E-state index contributed by atoms with van der Waals surface area (Å²) < 4.78 is 5.51. The van der Waals surface area contributed by atoms with Crippen LogP contribution in [0.1, 0.15) is 80.6 Å². The molecule has 0 aromatic rings. The Morgan fingerprint density at radius 2 is 1.58 bits per heavy atom. The zero-order valence-corrected chi connectivity index (χ0v) is 17.1. The average molecular weight is 339 g/mol. The lowest BCUT2D eigenvalue weighted by Gasteiger charge is -2.37. The molecule has 1 fully saturated rings. The van der Waals surface area contributed by atoms with E-state index in [0.717, 1.165) is 12.8 Å². The summed E-state index contributed by atoms with van der Waals surface area (Å²) in [6, 6.07) is 0.114. The van der Waals surface area contributed by atoms with Crippen LogP contribution in [0, 0.1) is 0 Å². The van der Waals surface area contributed by atoms with Crippen LogP contribution < -0.4 is 0 Å². The molecule has 0 aliphatic carbocycles. The van der Waals surface area contributed by atoms with Crippen molar-refractivity contribution in [1.82, 2.24) is 9.80 Å². The first-order chi connectivity index (χ1) is 11.0. The second-order valence-corrected chi connectivity index (χ2v) is 8.90. The number of urea groups is 1. The molecule has 24 heavy (non-hydrogen) atoms. The van der Waals surface area contributed by atoms with Gasteiger partial charge in [-0.25, -0.2) is 4.79 Å². The minimum atomic E-state index is -0.273. The third kappa shape index (κ3) is 4.46. The minimum Gasteiger partial charge on any atom is -0.499 e. The first kappa shape index (κ1) is 20.9. The summed E-state index contributed by atoms with van der Waals surface area (Å²) in [5.41, 5.74) is -0.496. The van der Waals surface area contributed by atoms with Gasteiger partial charge in [0.1, 0.15) is 11.8 Å². The molecule has 4 nitrogen and oxygen atoms in total. The monoisotopic (exact) mass is 338 g/mol. The molecule has 0 aromatic carbocycles. The molecular formula is C20H38N2O2. The van der Waals surface area contributed by atoms with E-state index in [0.29, 0.717) is 5.76 Å².